The van der Waals surface area contributed by atoms with E-state index in [0.717, 1.165) is 22.5 Å². The van der Waals surface area contributed by atoms with Crippen LogP contribution in [0, 0.1) is 23.7 Å². The molecule has 6 heteroatoms. The van der Waals surface area contributed by atoms with Gasteiger partial charge in [0.25, 0.3) is 0 Å². The van der Waals surface area contributed by atoms with Crippen LogP contribution in [-0.4, -0.2) is 34.8 Å². The first kappa shape index (κ1) is 19.0. The van der Waals surface area contributed by atoms with Crippen LogP contribution in [0.25, 0.3) is 11.3 Å². The van der Waals surface area contributed by atoms with E-state index in [9.17, 15) is 5.26 Å². The molecule has 4 rings (SSSR count). The lowest BCUT2D eigenvalue weighted by atomic mass is 9.90. The van der Waals surface area contributed by atoms with Crippen molar-refractivity contribution in [3.63, 3.8) is 0 Å². The standard InChI is InChI=1S/C23H22N4O2/c1-16-3-4-17(12-26-16)9-22-25-8-7-20(27-22)18-5-6-21(19(10-18)11-24)29-15-23(2)13-28-14-23/h3-8,10,12H,9,13-15H2,1-2H3. The highest BCUT2D eigenvalue weighted by atomic mass is 16.5. The molecule has 2 aromatic heterocycles. The third-order valence-corrected chi connectivity index (χ3v) is 4.91. The third-order valence-electron chi connectivity index (χ3n) is 4.91. The van der Waals surface area contributed by atoms with Gasteiger partial charge in [-0.15, -0.1) is 0 Å². The molecule has 1 aliphatic rings. The SMILES string of the molecule is Cc1ccc(Cc2nccc(-c3ccc(OCC4(C)COC4)c(C#N)c3)n2)cn1. The van der Waals surface area contributed by atoms with Gasteiger partial charge in [-0.3, -0.25) is 4.98 Å². The number of hydrogen-bond donors (Lipinski definition) is 0. The Morgan fingerprint density at radius 2 is 2.03 bits per heavy atom. The number of nitriles is 1. The Bertz CT molecular complexity index is 1050. The van der Waals surface area contributed by atoms with Crippen LogP contribution in [0.3, 0.4) is 0 Å². The molecule has 0 N–H and O–H groups in total. The Kier molecular flexibility index (Phi) is 5.24. The third kappa shape index (κ3) is 4.41. The molecular weight excluding hydrogens is 364 g/mol. The smallest absolute Gasteiger partial charge is 0.137 e. The maximum atomic E-state index is 9.57. The van der Waals surface area contributed by atoms with Crippen molar-refractivity contribution in [1.29, 1.82) is 5.26 Å². The Morgan fingerprint density at radius 3 is 2.72 bits per heavy atom. The number of pyridine rings is 1. The number of aryl methyl sites for hydroxylation is 1. The normalized spacial score (nSPS) is 14.7. The number of benzene rings is 1. The van der Waals surface area contributed by atoms with Crippen molar-refractivity contribution in [2.75, 3.05) is 19.8 Å². The fraction of sp³-hybridized carbons (Fsp3) is 0.304. The van der Waals surface area contributed by atoms with E-state index < -0.39 is 0 Å². The van der Waals surface area contributed by atoms with Gasteiger partial charge in [0.15, 0.2) is 0 Å². The average molecular weight is 386 g/mol. The summed E-state index contributed by atoms with van der Waals surface area (Å²) in [5, 5.41) is 9.57. The number of aromatic nitrogens is 3. The largest absolute Gasteiger partial charge is 0.491 e. The zero-order valence-corrected chi connectivity index (χ0v) is 16.6. The lowest BCUT2D eigenvalue weighted by Gasteiger charge is -2.37. The number of hydrogen-bond acceptors (Lipinski definition) is 6. The minimum absolute atomic E-state index is 0.0256. The van der Waals surface area contributed by atoms with Crippen LogP contribution in [0.1, 0.15) is 29.6 Å². The van der Waals surface area contributed by atoms with Crippen LogP contribution in [0.5, 0.6) is 5.75 Å². The highest BCUT2D eigenvalue weighted by Crippen LogP contribution is 2.30. The molecule has 3 aromatic rings. The average Bonchev–Trinajstić information content (AvgIpc) is 2.72. The summed E-state index contributed by atoms with van der Waals surface area (Å²) in [6, 6.07) is 13.7. The van der Waals surface area contributed by atoms with E-state index in [4.69, 9.17) is 9.47 Å². The molecule has 3 heterocycles. The van der Waals surface area contributed by atoms with E-state index in [0.29, 0.717) is 43.4 Å². The number of ether oxygens (including phenoxy) is 2. The molecule has 0 amide bonds. The van der Waals surface area contributed by atoms with Crippen molar-refractivity contribution in [1.82, 2.24) is 15.0 Å². The van der Waals surface area contributed by atoms with Crippen molar-refractivity contribution in [3.8, 4) is 23.1 Å². The van der Waals surface area contributed by atoms with Gasteiger partial charge in [-0.25, -0.2) is 9.97 Å². The van der Waals surface area contributed by atoms with Crippen molar-refractivity contribution >= 4 is 0 Å². The Hall–Kier alpha value is -3.30. The Labute approximate surface area is 170 Å². The van der Waals surface area contributed by atoms with Gasteiger partial charge < -0.3 is 9.47 Å². The molecular formula is C23H22N4O2. The maximum Gasteiger partial charge on any atom is 0.137 e. The first-order valence-corrected chi connectivity index (χ1v) is 9.53. The summed E-state index contributed by atoms with van der Waals surface area (Å²) in [4.78, 5) is 13.4. The second-order valence-electron chi connectivity index (χ2n) is 7.76. The molecule has 0 aliphatic carbocycles. The predicted molar refractivity (Wildman–Crippen MR) is 108 cm³/mol. The maximum absolute atomic E-state index is 9.57. The van der Waals surface area contributed by atoms with E-state index in [-0.39, 0.29) is 5.41 Å². The van der Waals surface area contributed by atoms with E-state index in [2.05, 4.69) is 27.9 Å². The molecule has 0 bridgehead atoms. The van der Waals surface area contributed by atoms with Crippen LogP contribution in [-0.2, 0) is 11.2 Å². The molecule has 0 radical (unpaired) electrons. The second-order valence-corrected chi connectivity index (χ2v) is 7.76. The van der Waals surface area contributed by atoms with Gasteiger partial charge >= 0.3 is 0 Å². The lowest BCUT2D eigenvalue weighted by molar-refractivity contribution is -0.120. The van der Waals surface area contributed by atoms with Crippen molar-refractivity contribution in [2.45, 2.75) is 20.3 Å². The summed E-state index contributed by atoms with van der Waals surface area (Å²) >= 11 is 0. The molecule has 1 aromatic carbocycles. The van der Waals surface area contributed by atoms with Gasteiger partial charge in [-0.05, 0) is 42.8 Å². The fourth-order valence-corrected chi connectivity index (χ4v) is 3.12. The first-order valence-electron chi connectivity index (χ1n) is 9.53. The van der Waals surface area contributed by atoms with Crippen LogP contribution in [0.15, 0.2) is 48.8 Å². The highest BCUT2D eigenvalue weighted by Gasteiger charge is 2.34. The zero-order valence-electron chi connectivity index (χ0n) is 16.6. The fourth-order valence-electron chi connectivity index (χ4n) is 3.12. The highest BCUT2D eigenvalue weighted by molar-refractivity contribution is 5.64. The summed E-state index contributed by atoms with van der Waals surface area (Å²) in [5.41, 5.74) is 4.19. The number of rotatable bonds is 6. The molecule has 6 nitrogen and oxygen atoms in total. The molecule has 0 saturated carbocycles. The van der Waals surface area contributed by atoms with E-state index in [1.165, 1.54) is 0 Å². The second kappa shape index (κ2) is 7.98. The topological polar surface area (TPSA) is 80.9 Å². The van der Waals surface area contributed by atoms with Crippen LogP contribution < -0.4 is 4.74 Å². The summed E-state index contributed by atoms with van der Waals surface area (Å²) in [6.45, 7) is 5.98. The molecule has 0 atom stereocenters. The van der Waals surface area contributed by atoms with Crippen LogP contribution in [0.2, 0.25) is 0 Å². The molecule has 1 saturated heterocycles. The molecule has 29 heavy (non-hydrogen) atoms. The van der Waals surface area contributed by atoms with Crippen LogP contribution in [0.4, 0.5) is 0 Å². The van der Waals surface area contributed by atoms with Gasteiger partial charge in [0.05, 0.1) is 31.1 Å². The van der Waals surface area contributed by atoms with Gasteiger partial charge in [-0.1, -0.05) is 13.0 Å². The van der Waals surface area contributed by atoms with E-state index in [1.807, 2.05) is 49.5 Å². The minimum Gasteiger partial charge on any atom is -0.491 e. The van der Waals surface area contributed by atoms with Gasteiger partial charge in [0.1, 0.15) is 17.6 Å². The van der Waals surface area contributed by atoms with Crippen LogP contribution >= 0.6 is 0 Å². The van der Waals surface area contributed by atoms with Crippen molar-refractivity contribution in [2.24, 2.45) is 5.41 Å². The molecule has 0 unspecified atom stereocenters. The monoisotopic (exact) mass is 386 g/mol. The molecule has 0 spiro atoms. The van der Waals surface area contributed by atoms with Gasteiger partial charge in [0.2, 0.25) is 0 Å². The zero-order chi connectivity index (χ0) is 20.3. The number of nitrogens with zero attached hydrogens (tertiary/aromatic N) is 4. The molecule has 146 valence electrons. The van der Waals surface area contributed by atoms with Crippen molar-refractivity contribution in [3.05, 3.63) is 71.4 Å². The lowest BCUT2D eigenvalue weighted by Crippen LogP contribution is -2.44. The first-order chi connectivity index (χ1) is 14.0. The van der Waals surface area contributed by atoms with E-state index in [1.54, 1.807) is 6.20 Å². The predicted octanol–water partition coefficient (Wildman–Crippen LogP) is 3.72. The molecule has 1 fully saturated rings. The summed E-state index contributed by atoms with van der Waals surface area (Å²) in [7, 11) is 0. The minimum atomic E-state index is 0.0256. The quantitative estimate of drug-likeness (QED) is 0.642. The Morgan fingerprint density at radius 1 is 1.17 bits per heavy atom. The van der Waals surface area contributed by atoms with Crippen molar-refractivity contribution < 1.29 is 9.47 Å². The van der Waals surface area contributed by atoms with Gasteiger partial charge in [-0.2, -0.15) is 5.26 Å². The summed E-state index contributed by atoms with van der Waals surface area (Å²) < 4.78 is 11.2. The van der Waals surface area contributed by atoms with Gasteiger partial charge in [0, 0.05) is 35.5 Å². The Balaban J connectivity index is 1.53. The summed E-state index contributed by atoms with van der Waals surface area (Å²) in [6.07, 6.45) is 4.19. The molecule has 1 aliphatic heterocycles. The summed E-state index contributed by atoms with van der Waals surface area (Å²) in [5.74, 6) is 1.30. The van der Waals surface area contributed by atoms with E-state index >= 15 is 0 Å².